The number of aliphatic hydroxyl groups excluding tert-OH is 1. The Balaban J connectivity index is 3.37. The molecule has 0 aromatic rings. The Morgan fingerprint density at radius 1 is 1.78 bits per heavy atom. The van der Waals surface area contributed by atoms with E-state index in [0.29, 0.717) is 6.54 Å². The van der Waals surface area contributed by atoms with E-state index in [1.54, 1.807) is 0 Å². The third-order valence-electron chi connectivity index (χ3n) is 0.726. The molecule has 0 aliphatic rings. The van der Waals surface area contributed by atoms with Gasteiger partial charge in [0.15, 0.2) is 0 Å². The molecule has 1 amide bonds. The minimum atomic E-state index is -0.161. The summed E-state index contributed by atoms with van der Waals surface area (Å²) in [5.41, 5.74) is 0. The molecular weight excluding hydrogens is 118 g/mol. The second kappa shape index (κ2) is 5.31. The molecule has 9 heavy (non-hydrogen) atoms. The van der Waals surface area contributed by atoms with Crippen molar-refractivity contribution in [3.8, 4) is 0 Å². The molecule has 0 aliphatic carbocycles. The average Bonchev–Trinajstić information content (AvgIpc) is 1.85. The van der Waals surface area contributed by atoms with Crippen LogP contribution in [0.1, 0.15) is 6.92 Å². The Labute approximate surface area is 54.4 Å². The van der Waals surface area contributed by atoms with Crippen LogP contribution in [-0.4, -0.2) is 24.2 Å². The van der Waals surface area contributed by atoms with Crippen molar-refractivity contribution in [2.24, 2.45) is 0 Å². The van der Waals surface area contributed by atoms with Crippen molar-refractivity contribution in [2.75, 3.05) is 13.2 Å². The predicted molar refractivity (Wildman–Crippen MR) is 34.9 cm³/mol. The van der Waals surface area contributed by atoms with Gasteiger partial charge in [-0.1, -0.05) is 6.08 Å². The van der Waals surface area contributed by atoms with Gasteiger partial charge in [0.2, 0.25) is 5.91 Å². The van der Waals surface area contributed by atoms with Gasteiger partial charge in [0.05, 0.1) is 6.61 Å². The van der Waals surface area contributed by atoms with Gasteiger partial charge in [0, 0.05) is 12.6 Å². The summed E-state index contributed by atoms with van der Waals surface area (Å²) >= 11 is 0. The number of rotatable bonds is 3. The highest BCUT2D eigenvalue weighted by molar-refractivity contribution is 5.87. The Kier molecular flexibility index (Phi) is 4.82. The lowest BCUT2D eigenvalue weighted by Crippen LogP contribution is -2.19. The van der Waals surface area contributed by atoms with Crippen molar-refractivity contribution in [2.45, 2.75) is 6.92 Å². The number of aliphatic hydroxyl groups is 1. The molecule has 0 saturated carbocycles. The standard InChI is InChI=1S/C6H11NO2/c1-2-7-6(9)4-3-5-8/h3-4,8H,2,5H2,1H3,(H,7,9)/b4-3-. The Morgan fingerprint density at radius 2 is 2.44 bits per heavy atom. The van der Waals surface area contributed by atoms with E-state index in [0.717, 1.165) is 0 Å². The van der Waals surface area contributed by atoms with Gasteiger partial charge < -0.3 is 10.4 Å². The molecule has 0 aromatic heterocycles. The van der Waals surface area contributed by atoms with E-state index in [1.807, 2.05) is 6.92 Å². The van der Waals surface area contributed by atoms with Crippen molar-refractivity contribution in [1.29, 1.82) is 0 Å². The third kappa shape index (κ3) is 5.03. The van der Waals surface area contributed by atoms with E-state index in [1.165, 1.54) is 12.2 Å². The second-order valence-corrected chi connectivity index (χ2v) is 1.48. The maximum absolute atomic E-state index is 10.5. The van der Waals surface area contributed by atoms with Crippen LogP contribution >= 0.6 is 0 Å². The second-order valence-electron chi connectivity index (χ2n) is 1.48. The summed E-state index contributed by atoms with van der Waals surface area (Å²) in [7, 11) is 0. The molecule has 3 nitrogen and oxygen atoms in total. The maximum atomic E-state index is 10.5. The molecular formula is C6H11NO2. The van der Waals surface area contributed by atoms with Crippen LogP contribution in [0.4, 0.5) is 0 Å². The molecule has 0 rings (SSSR count). The number of nitrogens with one attached hydrogen (secondary N) is 1. The van der Waals surface area contributed by atoms with E-state index in [2.05, 4.69) is 5.32 Å². The van der Waals surface area contributed by atoms with Crippen molar-refractivity contribution in [3.63, 3.8) is 0 Å². The summed E-state index contributed by atoms with van der Waals surface area (Å²) in [6, 6.07) is 0. The van der Waals surface area contributed by atoms with Crippen LogP contribution in [0.3, 0.4) is 0 Å². The van der Waals surface area contributed by atoms with Gasteiger partial charge in [-0.3, -0.25) is 4.79 Å². The summed E-state index contributed by atoms with van der Waals surface area (Å²) in [5.74, 6) is -0.161. The molecule has 3 heteroatoms. The average molecular weight is 129 g/mol. The lowest BCUT2D eigenvalue weighted by Gasteiger charge is -1.92. The number of hydrogen-bond acceptors (Lipinski definition) is 2. The number of carbonyl (C=O) groups is 1. The van der Waals surface area contributed by atoms with Crippen LogP contribution < -0.4 is 5.32 Å². The molecule has 52 valence electrons. The summed E-state index contributed by atoms with van der Waals surface area (Å²) in [6.07, 6.45) is 2.70. The largest absolute Gasteiger partial charge is 0.392 e. The molecule has 0 unspecified atom stereocenters. The first-order valence-electron chi connectivity index (χ1n) is 2.86. The van der Waals surface area contributed by atoms with Gasteiger partial charge >= 0.3 is 0 Å². The molecule has 0 fully saturated rings. The van der Waals surface area contributed by atoms with Crippen molar-refractivity contribution >= 4 is 5.91 Å². The van der Waals surface area contributed by atoms with Crippen LogP contribution in [0.5, 0.6) is 0 Å². The lowest BCUT2D eigenvalue weighted by molar-refractivity contribution is -0.116. The summed E-state index contributed by atoms with van der Waals surface area (Å²) in [6.45, 7) is 2.37. The topological polar surface area (TPSA) is 49.3 Å². The van der Waals surface area contributed by atoms with Gasteiger partial charge in [-0.05, 0) is 6.92 Å². The first kappa shape index (κ1) is 8.17. The fourth-order valence-corrected chi connectivity index (χ4v) is 0.393. The quantitative estimate of drug-likeness (QED) is 0.513. The molecule has 0 spiro atoms. The number of carbonyl (C=O) groups excluding carboxylic acids is 1. The Bertz CT molecular complexity index is 110. The Morgan fingerprint density at radius 3 is 2.89 bits per heavy atom. The van der Waals surface area contributed by atoms with E-state index in [9.17, 15) is 4.79 Å². The summed E-state index contributed by atoms with van der Waals surface area (Å²) in [4.78, 5) is 10.5. The number of amides is 1. The summed E-state index contributed by atoms with van der Waals surface area (Å²) in [5, 5.41) is 10.8. The highest BCUT2D eigenvalue weighted by atomic mass is 16.2. The first-order valence-corrected chi connectivity index (χ1v) is 2.86. The Hall–Kier alpha value is -0.830. The van der Waals surface area contributed by atoms with Crippen LogP contribution in [0.2, 0.25) is 0 Å². The third-order valence-corrected chi connectivity index (χ3v) is 0.726. The smallest absolute Gasteiger partial charge is 0.243 e. The van der Waals surface area contributed by atoms with E-state index < -0.39 is 0 Å². The zero-order valence-electron chi connectivity index (χ0n) is 5.42. The van der Waals surface area contributed by atoms with E-state index >= 15 is 0 Å². The van der Waals surface area contributed by atoms with E-state index in [-0.39, 0.29) is 12.5 Å². The highest BCUT2D eigenvalue weighted by Crippen LogP contribution is 1.70. The fourth-order valence-electron chi connectivity index (χ4n) is 0.393. The zero-order chi connectivity index (χ0) is 7.11. The van der Waals surface area contributed by atoms with Crippen LogP contribution in [0.25, 0.3) is 0 Å². The van der Waals surface area contributed by atoms with Crippen molar-refractivity contribution in [1.82, 2.24) is 5.32 Å². The first-order chi connectivity index (χ1) is 4.31. The summed E-state index contributed by atoms with van der Waals surface area (Å²) < 4.78 is 0. The van der Waals surface area contributed by atoms with Gasteiger partial charge in [-0.15, -0.1) is 0 Å². The van der Waals surface area contributed by atoms with Crippen molar-refractivity contribution < 1.29 is 9.90 Å². The number of hydrogen-bond donors (Lipinski definition) is 2. The van der Waals surface area contributed by atoms with E-state index in [4.69, 9.17) is 5.11 Å². The molecule has 0 heterocycles. The maximum Gasteiger partial charge on any atom is 0.243 e. The van der Waals surface area contributed by atoms with Gasteiger partial charge in [-0.25, -0.2) is 0 Å². The van der Waals surface area contributed by atoms with Crippen LogP contribution in [0.15, 0.2) is 12.2 Å². The monoisotopic (exact) mass is 129 g/mol. The van der Waals surface area contributed by atoms with Gasteiger partial charge in [-0.2, -0.15) is 0 Å². The van der Waals surface area contributed by atoms with Crippen LogP contribution in [0, 0.1) is 0 Å². The highest BCUT2D eigenvalue weighted by Gasteiger charge is 1.87. The molecule has 0 aromatic carbocycles. The molecule has 0 radical (unpaired) electrons. The SMILES string of the molecule is CCNC(=O)/C=C\CO. The molecule has 0 saturated heterocycles. The minimum absolute atomic E-state index is 0.0862. The molecule has 0 aliphatic heterocycles. The van der Waals surface area contributed by atoms with Gasteiger partial charge in [0.1, 0.15) is 0 Å². The molecule has 0 bridgehead atoms. The normalized spacial score (nSPS) is 10.0. The number of likely N-dealkylation sites (N-methyl/N-ethyl adjacent to an activating group) is 1. The predicted octanol–water partition coefficient (Wildman–Crippen LogP) is -0.329. The molecule has 0 atom stereocenters. The molecule has 2 N–H and O–H groups in total. The fraction of sp³-hybridized carbons (Fsp3) is 0.500. The van der Waals surface area contributed by atoms with Crippen LogP contribution in [-0.2, 0) is 4.79 Å². The lowest BCUT2D eigenvalue weighted by atomic mass is 10.5. The minimum Gasteiger partial charge on any atom is -0.392 e. The van der Waals surface area contributed by atoms with Gasteiger partial charge in [0.25, 0.3) is 0 Å². The van der Waals surface area contributed by atoms with Crippen molar-refractivity contribution in [3.05, 3.63) is 12.2 Å². The zero-order valence-corrected chi connectivity index (χ0v) is 5.42.